The summed E-state index contributed by atoms with van der Waals surface area (Å²) < 4.78 is 6.32. The molecule has 2 atom stereocenters. The molecule has 2 aliphatic heterocycles. The summed E-state index contributed by atoms with van der Waals surface area (Å²) in [7, 11) is 0. The van der Waals surface area contributed by atoms with Gasteiger partial charge in [-0.15, -0.1) is 0 Å². The van der Waals surface area contributed by atoms with Crippen LogP contribution in [0.3, 0.4) is 0 Å². The molecule has 1 aromatic carbocycles. The molecule has 22 heavy (non-hydrogen) atoms. The molecule has 0 saturated heterocycles. The molecule has 116 valence electrons. The minimum atomic E-state index is 0.445. The number of benzene rings is 1. The van der Waals surface area contributed by atoms with E-state index in [0.29, 0.717) is 11.8 Å². The van der Waals surface area contributed by atoms with Crippen molar-refractivity contribution in [2.75, 3.05) is 0 Å². The summed E-state index contributed by atoms with van der Waals surface area (Å²) >= 11 is 0. The van der Waals surface area contributed by atoms with E-state index in [4.69, 9.17) is 9.73 Å². The van der Waals surface area contributed by atoms with Crippen LogP contribution in [0.4, 0.5) is 5.69 Å². The lowest BCUT2D eigenvalue weighted by atomic mass is 9.72. The van der Waals surface area contributed by atoms with E-state index in [2.05, 4.69) is 32.9 Å². The normalized spacial score (nSPS) is 25.0. The van der Waals surface area contributed by atoms with E-state index in [9.17, 15) is 0 Å². The third-order valence-corrected chi connectivity index (χ3v) is 5.55. The van der Waals surface area contributed by atoms with Gasteiger partial charge in [0.15, 0.2) is 0 Å². The third kappa shape index (κ3) is 2.04. The highest BCUT2D eigenvalue weighted by molar-refractivity contribution is 5.92. The Bertz CT molecular complexity index is 683. The van der Waals surface area contributed by atoms with Crippen molar-refractivity contribution in [1.29, 1.82) is 0 Å². The van der Waals surface area contributed by atoms with Gasteiger partial charge in [0.05, 0.1) is 11.6 Å². The van der Waals surface area contributed by atoms with Gasteiger partial charge in [-0.2, -0.15) is 0 Å². The van der Waals surface area contributed by atoms with Crippen LogP contribution < -0.4 is 4.74 Å². The van der Waals surface area contributed by atoms with E-state index >= 15 is 0 Å². The van der Waals surface area contributed by atoms with Crippen molar-refractivity contribution in [2.45, 2.75) is 65.2 Å². The summed E-state index contributed by atoms with van der Waals surface area (Å²) in [6.07, 6.45) is 7.32. The van der Waals surface area contributed by atoms with Crippen LogP contribution in [0.2, 0.25) is 0 Å². The summed E-state index contributed by atoms with van der Waals surface area (Å²) in [5.74, 6) is 3.32. The van der Waals surface area contributed by atoms with Crippen molar-refractivity contribution < 1.29 is 4.74 Å². The number of allylic oxidation sites excluding steroid dienone is 2. The van der Waals surface area contributed by atoms with Crippen LogP contribution in [0.1, 0.15) is 69.9 Å². The van der Waals surface area contributed by atoms with Gasteiger partial charge in [-0.05, 0) is 62.8 Å². The van der Waals surface area contributed by atoms with Gasteiger partial charge in [0.25, 0.3) is 0 Å². The minimum absolute atomic E-state index is 0.445. The first-order chi connectivity index (χ1) is 10.7. The molecule has 2 heterocycles. The Hall–Kier alpha value is -1.57. The number of nitrogens with zero attached hydrogens (tertiary/aromatic N) is 1. The molecule has 3 aliphatic rings. The van der Waals surface area contributed by atoms with Crippen LogP contribution in [0.25, 0.3) is 0 Å². The largest absolute Gasteiger partial charge is 0.461 e. The highest BCUT2D eigenvalue weighted by Crippen LogP contribution is 2.56. The smallest absolute Gasteiger partial charge is 0.133 e. The van der Waals surface area contributed by atoms with Gasteiger partial charge >= 0.3 is 0 Å². The molecule has 2 nitrogen and oxygen atoms in total. The predicted molar refractivity (Wildman–Crippen MR) is 91.2 cm³/mol. The van der Waals surface area contributed by atoms with Crippen LogP contribution in [0.15, 0.2) is 28.5 Å². The Balaban J connectivity index is 1.78. The van der Waals surface area contributed by atoms with E-state index in [1.807, 2.05) is 0 Å². The average molecular weight is 295 g/mol. The number of hydrogen-bond acceptors (Lipinski definition) is 2. The highest BCUT2D eigenvalue weighted by Gasteiger charge is 2.44. The lowest BCUT2D eigenvalue weighted by molar-refractivity contribution is 0.369. The maximum absolute atomic E-state index is 6.32. The Morgan fingerprint density at radius 2 is 2.09 bits per heavy atom. The number of aryl methyl sites for hydroxylation is 1. The summed E-state index contributed by atoms with van der Waals surface area (Å²) in [6, 6.07) is 4.59. The summed E-state index contributed by atoms with van der Waals surface area (Å²) in [6.45, 7) is 6.69. The molecule has 0 spiro atoms. The summed E-state index contributed by atoms with van der Waals surface area (Å²) in [5, 5.41) is 0. The van der Waals surface area contributed by atoms with Crippen molar-refractivity contribution in [2.24, 2.45) is 10.9 Å². The standard InChI is InChI=1S/C20H25NO/c1-4-5-6-7-14-10-16-19-17(11-14)22-20-12(2)8-9-15(18(19)20)13(3)21-16/h10-11,15,18H,4-9H2,1-3H3. The number of aliphatic imine (C=N–C) groups is 1. The molecule has 2 unspecified atom stereocenters. The second-order valence-electron chi connectivity index (χ2n) is 7.11. The summed E-state index contributed by atoms with van der Waals surface area (Å²) in [4.78, 5) is 4.95. The van der Waals surface area contributed by atoms with Crippen LogP contribution in [0.5, 0.6) is 5.75 Å². The quantitative estimate of drug-likeness (QED) is 0.654. The molecule has 0 radical (unpaired) electrons. The van der Waals surface area contributed by atoms with Gasteiger partial charge in [0, 0.05) is 17.2 Å². The molecule has 1 aromatic rings. The van der Waals surface area contributed by atoms with E-state index < -0.39 is 0 Å². The first-order valence-electron chi connectivity index (χ1n) is 8.78. The fourth-order valence-electron chi connectivity index (χ4n) is 4.31. The van der Waals surface area contributed by atoms with Crippen molar-refractivity contribution in [3.05, 3.63) is 34.6 Å². The fourth-order valence-corrected chi connectivity index (χ4v) is 4.31. The molecule has 0 aromatic heterocycles. The molecule has 0 fully saturated rings. The number of unbranched alkanes of at least 4 members (excludes halogenated alkanes) is 2. The lowest BCUT2D eigenvalue weighted by Crippen LogP contribution is -2.27. The van der Waals surface area contributed by atoms with Gasteiger partial charge in [0.1, 0.15) is 11.5 Å². The van der Waals surface area contributed by atoms with Crippen molar-refractivity contribution in [3.63, 3.8) is 0 Å². The molecule has 0 amide bonds. The van der Waals surface area contributed by atoms with Gasteiger partial charge in [-0.3, -0.25) is 4.99 Å². The SMILES string of the molecule is CCCCCc1cc2c3c(c1)OC1=C(C)CCC(C(C)=N2)C13. The average Bonchev–Trinajstić information content (AvgIpc) is 2.88. The van der Waals surface area contributed by atoms with Gasteiger partial charge < -0.3 is 4.74 Å². The maximum atomic E-state index is 6.32. The van der Waals surface area contributed by atoms with Gasteiger partial charge in [-0.25, -0.2) is 0 Å². The van der Waals surface area contributed by atoms with Crippen LogP contribution in [-0.2, 0) is 6.42 Å². The van der Waals surface area contributed by atoms with Crippen molar-refractivity contribution >= 4 is 11.4 Å². The molecule has 1 aliphatic carbocycles. The molecular weight excluding hydrogens is 270 g/mol. The number of hydrogen-bond donors (Lipinski definition) is 0. The molecule has 0 N–H and O–H groups in total. The number of rotatable bonds is 4. The zero-order valence-electron chi connectivity index (χ0n) is 13.9. The highest BCUT2D eigenvalue weighted by atomic mass is 16.5. The zero-order chi connectivity index (χ0) is 15.3. The topological polar surface area (TPSA) is 21.6 Å². The summed E-state index contributed by atoms with van der Waals surface area (Å²) in [5.41, 5.74) is 6.65. The lowest BCUT2D eigenvalue weighted by Gasteiger charge is -2.32. The monoisotopic (exact) mass is 295 g/mol. The minimum Gasteiger partial charge on any atom is -0.461 e. The maximum Gasteiger partial charge on any atom is 0.133 e. The molecule has 2 heteroatoms. The van der Waals surface area contributed by atoms with Crippen LogP contribution in [-0.4, -0.2) is 5.71 Å². The van der Waals surface area contributed by atoms with Crippen molar-refractivity contribution in [1.82, 2.24) is 0 Å². The molecule has 0 bridgehead atoms. The first-order valence-corrected chi connectivity index (χ1v) is 8.78. The fraction of sp³-hybridized carbons (Fsp3) is 0.550. The number of ether oxygens (including phenoxy) is 1. The molecular formula is C20H25NO. The van der Waals surface area contributed by atoms with E-state index in [0.717, 1.165) is 18.6 Å². The van der Waals surface area contributed by atoms with Gasteiger partial charge in [0.2, 0.25) is 0 Å². The van der Waals surface area contributed by atoms with E-state index in [1.54, 1.807) is 0 Å². The predicted octanol–water partition coefficient (Wildman–Crippen LogP) is 5.69. The van der Waals surface area contributed by atoms with E-state index in [-0.39, 0.29) is 0 Å². The van der Waals surface area contributed by atoms with Crippen LogP contribution >= 0.6 is 0 Å². The Kier molecular flexibility index (Phi) is 3.36. The molecule has 4 rings (SSSR count). The Morgan fingerprint density at radius 1 is 1.23 bits per heavy atom. The van der Waals surface area contributed by atoms with Gasteiger partial charge in [-0.1, -0.05) is 19.8 Å². The first kappa shape index (κ1) is 14.0. The Morgan fingerprint density at radius 3 is 2.91 bits per heavy atom. The zero-order valence-corrected chi connectivity index (χ0v) is 13.9. The van der Waals surface area contributed by atoms with Crippen LogP contribution in [0, 0.1) is 5.92 Å². The van der Waals surface area contributed by atoms with E-state index in [1.165, 1.54) is 59.5 Å². The second-order valence-corrected chi connectivity index (χ2v) is 7.11. The molecule has 0 saturated carbocycles. The van der Waals surface area contributed by atoms with Crippen molar-refractivity contribution in [3.8, 4) is 5.75 Å². The third-order valence-electron chi connectivity index (χ3n) is 5.55. The Labute approximate surface area is 133 Å². The second kappa shape index (κ2) is 5.26.